The fourth-order valence-corrected chi connectivity index (χ4v) is 1.80. The van der Waals surface area contributed by atoms with Gasteiger partial charge in [-0.25, -0.2) is 9.18 Å². The molecule has 0 aliphatic carbocycles. The van der Waals surface area contributed by atoms with Gasteiger partial charge in [0.1, 0.15) is 17.1 Å². The molecule has 0 spiro atoms. The van der Waals surface area contributed by atoms with Gasteiger partial charge in [0.25, 0.3) is 0 Å². The Morgan fingerprint density at radius 2 is 2.16 bits per heavy atom. The minimum Gasteiger partial charge on any atom is -0.496 e. The van der Waals surface area contributed by atoms with Crippen LogP contribution < -0.4 is 10.2 Å². The van der Waals surface area contributed by atoms with Crippen molar-refractivity contribution < 1.29 is 18.7 Å². The lowest BCUT2D eigenvalue weighted by Gasteiger charge is -2.07. The topological polar surface area (TPSA) is 68.4 Å². The number of aromatic nitrogens is 1. The van der Waals surface area contributed by atoms with Crippen molar-refractivity contribution >= 4 is 16.9 Å². The highest BCUT2D eigenvalue weighted by Crippen LogP contribution is 2.23. The average molecular weight is 265 g/mol. The summed E-state index contributed by atoms with van der Waals surface area (Å²) >= 11 is 0. The summed E-state index contributed by atoms with van der Waals surface area (Å²) in [5.74, 6) is -1.15. The third-order valence-corrected chi connectivity index (χ3v) is 2.66. The molecule has 0 bridgehead atoms. The molecule has 0 unspecified atom stereocenters. The fourth-order valence-electron chi connectivity index (χ4n) is 1.80. The summed E-state index contributed by atoms with van der Waals surface area (Å²) in [7, 11) is 1.36. The second-order valence-corrected chi connectivity index (χ2v) is 3.75. The van der Waals surface area contributed by atoms with Gasteiger partial charge in [-0.2, -0.15) is 0 Å². The predicted octanol–water partition coefficient (Wildman–Crippen LogP) is 1.85. The molecule has 5 nitrogen and oxygen atoms in total. The number of halogens is 1. The van der Waals surface area contributed by atoms with Crippen molar-refractivity contribution in [3.8, 4) is 5.75 Å². The van der Waals surface area contributed by atoms with E-state index in [1.807, 2.05) is 0 Å². The molecule has 6 heteroatoms. The molecule has 0 amide bonds. The number of hydrogen-bond acceptors (Lipinski definition) is 4. The van der Waals surface area contributed by atoms with Gasteiger partial charge in [0.2, 0.25) is 5.43 Å². The Balaban J connectivity index is 2.77. The molecule has 1 heterocycles. The zero-order valence-electron chi connectivity index (χ0n) is 10.5. The second kappa shape index (κ2) is 5.09. The number of nitrogens with one attached hydrogen (secondary N) is 1. The molecular weight excluding hydrogens is 253 g/mol. The van der Waals surface area contributed by atoms with Crippen LogP contribution in [0.3, 0.4) is 0 Å². The van der Waals surface area contributed by atoms with Gasteiger partial charge in [-0.15, -0.1) is 0 Å². The van der Waals surface area contributed by atoms with Crippen LogP contribution in [0.2, 0.25) is 0 Å². The van der Waals surface area contributed by atoms with E-state index in [1.54, 1.807) is 6.92 Å². The maximum atomic E-state index is 13.6. The van der Waals surface area contributed by atoms with Crippen molar-refractivity contribution in [2.75, 3.05) is 13.7 Å². The number of H-pyrrole nitrogens is 1. The van der Waals surface area contributed by atoms with Gasteiger partial charge in [0.05, 0.1) is 24.6 Å². The number of ether oxygens (including phenoxy) is 2. The number of rotatable bonds is 3. The van der Waals surface area contributed by atoms with Crippen molar-refractivity contribution in [3.05, 3.63) is 39.9 Å². The number of benzene rings is 1. The molecule has 0 saturated carbocycles. The van der Waals surface area contributed by atoms with E-state index in [0.29, 0.717) is 0 Å². The highest BCUT2D eigenvalue weighted by Gasteiger charge is 2.18. The van der Waals surface area contributed by atoms with Crippen LogP contribution in [-0.2, 0) is 4.74 Å². The Morgan fingerprint density at radius 3 is 2.79 bits per heavy atom. The third-order valence-electron chi connectivity index (χ3n) is 2.66. The Hall–Kier alpha value is -2.37. The van der Waals surface area contributed by atoms with Crippen molar-refractivity contribution in [1.82, 2.24) is 4.98 Å². The van der Waals surface area contributed by atoms with Gasteiger partial charge in [-0.05, 0) is 19.1 Å². The molecule has 19 heavy (non-hydrogen) atoms. The maximum Gasteiger partial charge on any atom is 0.343 e. The smallest absolute Gasteiger partial charge is 0.343 e. The standard InChI is InChI=1S/C13H12FNO4/c1-3-19-13(17)7-6-15-11-8(14)4-5-9(18-2)10(11)12(7)16/h4-6H,3H2,1-2H3,(H,15,16). The van der Waals surface area contributed by atoms with Crippen molar-refractivity contribution in [2.45, 2.75) is 6.92 Å². The zero-order valence-corrected chi connectivity index (χ0v) is 10.5. The van der Waals surface area contributed by atoms with Gasteiger partial charge in [0.15, 0.2) is 0 Å². The molecule has 2 rings (SSSR count). The van der Waals surface area contributed by atoms with Crippen LogP contribution in [0.5, 0.6) is 5.75 Å². The molecule has 0 aliphatic rings. The Labute approximate surface area is 108 Å². The summed E-state index contributed by atoms with van der Waals surface area (Å²) in [5, 5.41) is -0.00643. The normalized spacial score (nSPS) is 10.5. The first-order valence-electron chi connectivity index (χ1n) is 5.65. The van der Waals surface area contributed by atoms with E-state index >= 15 is 0 Å². The first-order valence-corrected chi connectivity index (χ1v) is 5.65. The SMILES string of the molecule is CCOC(=O)c1c[nH]c2c(F)ccc(OC)c2c1=O. The van der Waals surface area contributed by atoms with E-state index in [9.17, 15) is 14.0 Å². The second-order valence-electron chi connectivity index (χ2n) is 3.75. The van der Waals surface area contributed by atoms with E-state index < -0.39 is 17.2 Å². The molecule has 0 aliphatic heterocycles. The molecule has 0 radical (unpaired) electrons. The molecule has 0 fully saturated rings. The van der Waals surface area contributed by atoms with Crippen LogP contribution >= 0.6 is 0 Å². The number of pyridine rings is 1. The molecule has 1 N–H and O–H groups in total. The van der Waals surface area contributed by atoms with Gasteiger partial charge in [0, 0.05) is 6.20 Å². The van der Waals surface area contributed by atoms with Crippen molar-refractivity contribution in [3.63, 3.8) is 0 Å². The van der Waals surface area contributed by atoms with Gasteiger partial charge < -0.3 is 14.5 Å². The van der Waals surface area contributed by atoms with Gasteiger partial charge in [-0.3, -0.25) is 4.79 Å². The van der Waals surface area contributed by atoms with E-state index in [0.717, 1.165) is 6.20 Å². The summed E-state index contributed by atoms with van der Waals surface area (Å²) in [4.78, 5) is 26.4. The van der Waals surface area contributed by atoms with Crippen LogP contribution in [0.1, 0.15) is 17.3 Å². The minimum atomic E-state index is -0.753. The predicted molar refractivity (Wildman–Crippen MR) is 67.0 cm³/mol. The molecule has 0 atom stereocenters. The molecule has 2 aromatic rings. The largest absolute Gasteiger partial charge is 0.496 e. The Bertz CT molecular complexity index is 693. The molecule has 1 aromatic heterocycles. The van der Waals surface area contributed by atoms with Crippen molar-refractivity contribution in [1.29, 1.82) is 0 Å². The number of hydrogen-bond donors (Lipinski definition) is 1. The molecule has 100 valence electrons. The van der Waals surface area contributed by atoms with Crippen LogP contribution in [0.4, 0.5) is 4.39 Å². The molecule has 1 aromatic carbocycles. The van der Waals surface area contributed by atoms with E-state index in [-0.39, 0.29) is 28.8 Å². The highest BCUT2D eigenvalue weighted by molar-refractivity contribution is 5.95. The highest BCUT2D eigenvalue weighted by atomic mass is 19.1. The number of fused-ring (bicyclic) bond motifs is 1. The first kappa shape index (κ1) is 13.1. The number of carbonyl (C=O) groups excluding carboxylic acids is 1. The third kappa shape index (κ3) is 2.16. The van der Waals surface area contributed by atoms with Gasteiger partial charge >= 0.3 is 5.97 Å². The minimum absolute atomic E-state index is 0.00241. The lowest BCUT2D eigenvalue weighted by molar-refractivity contribution is 0.0524. The number of methoxy groups -OCH3 is 1. The van der Waals surface area contributed by atoms with E-state index in [2.05, 4.69) is 4.98 Å². The first-order chi connectivity index (χ1) is 9.10. The molecular formula is C13H12FNO4. The summed E-state index contributed by atoms with van der Waals surface area (Å²) in [6.45, 7) is 1.78. The zero-order chi connectivity index (χ0) is 14.0. The van der Waals surface area contributed by atoms with Crippen LogP contribution in [0.25, 0.3) is 10.9 Å². The van der Waals surface area contributed by atoms with Crippen LogP contribution in [-0.4, -0.2) is 24.7 Å². The lowest BCUT2D eigenvalue weighted by atomic mass is 10.1. The van der Waals surface area contributed by atoms with Crippen LogP contribution in [0.15, 0.2) is 23.1 Å². The number of carbonyl (C=O) groups is 1. The monoisotopic (exact) mass is 265 g/mol. The maximum absolute atomic E-state index is 13.6. The summed E-state index contributed by atoms with van der Waals surface area (Å²) < 4.78 is 23.4. The summed E-state index contributed by atoms with van der Waals surface area (Å²) in [5.41, 5.74) is -0.806. The average Bonchev–Trinajstić information content (AvgIpc) is 2.40. The number of esters is 1. The lowest BCUT2D eigenvalue weighted by Crippen LogP contribution is -2.19. The fraction of sp³-hybridized carbons (Fsp3) is 0.231. The van der Waals surface area contributed by atoms with E-state index in [1.165, 1.54) is 19.2 Å². The quantitative estimate of drug-likeness (QED) is 0.860. The van der Waals surface area contributed by atoms with Crippen molar-refractivity contribution in [2.24, 2.45) is 0 Å². The van der Waals surface area contributed by atoms with Crippen LogP contribution in [0, 0.1) is 5.82 Å². The molecule has 0 saturated heterocycles. The summed E-state index contributed by atoms with van der Waals surface area (Å²) in [6, 6.07) is 2.52. The van der Waals surface area contributed by atoms with E-state index in [4.69, 9.17) is 9.47 Å². The summed E-state index contributed by atoms with van der Waals surface area (Å²) in [6.07, 6.45) is 1.14. The Morgan fingerprint density at radius 1 is 1.42 bits per heavy atom. The van der Waals surface area contributed by atoms with Gasteiger partial charge in [-0.1, -0.05) is 0 Å². The Kier molecular flexibility index (Phi) is 3.50. The number of aromatic amines is 1.